The fraction of sp³-hybridized carbons (Fsp3) is 0.143. The van der Waals surface area contributed by atoms with Crippen LogP contribution in [0.1, 0.15) is 0 Å². The zero-order chi connectivity index (χ0) is 14.5. The summed E-state index contributed by atoms with van der Waals surface area (Å²) in [7, 11) is 0. The summed E-state index contributed by atoms with van der Waals surface area (Å²) in [5.41, 5.74) is 6.67. The zero-order valence-electron chi connectivity index (χ0n) is 10.4. The molecule has 0 saturated heterocycles. The van der Waals surface area contributed by atoms with Crippen molar-refractivity contribution >= 4 is 56.6 Å². The number of rotatable bonds is 5. The van der Waals surface area contributed by atoms with Gasteiger partial charge in [-0.2, -0.15) is 0 Å². The normalized spacial score (nSPS) is 10.6. The SMILES string of the molecule is Nc1ccc(Br)cc1SCCOc1ccc(Cl)cc1Cl. The summed E-state index contributed by atoms with van der Waals surface area (Å²) in [5.74, 6) is 1.42. The Labute approximate surface area is 140 Å². The smallest absolute Gasteiger partial charge is 0.138 e. The van der Waals surface area contributed by atoms with Gasteiger partial charge in [-0.1, -0.05) is 39.1 Å². The highest BCUT2D eigenvalue weighted by molar-refractivity contribution is 9.10. The lowest BCUT2D eigenvalue weighted by Crippen LogP contribution is -2.01. The lowest BCUT2D eigenvalue weighted by molar-refractivity contribution is 0.344. The topological polar surface area (TPSA) is 35.2 Å². The predicted molar refractivity (Wildman–Crippen MR) is 91.2 cm³/mol. The molecule has 0 aliphatic heterocycles. The molecule has 6 heteroatoms. The summed E-state index contributed by atoms with van der Waals surface area (Å²) >= 11 is 16.9. The number of nitrogen functional groups attached to an aromatic ring is 1. The van der Waals surface area contributed by atoms with Crippen LogP contribution in [0.5, 0.6) is 5.75 Å². The highest BCUT2D eigenvalue weighted by Crippen LogP contribution is 2.30. The number of ether oxygens (including phenoxy) is 1. The van der Waals surface area contributed by atoms with Gasteiger partial charge in [-0.3, -0.25) is 0 Å². The molecule has 0 spiro atoms. The molecule has 0 atom stereocenters. The summed E-state index contributed by atoms with van der Waals surface area (Å²) < 4.78 is 6.63. The van der Waals surface area contributed by atoms with Crippen molar-refractivity contribution in [1.82, 2.24) is 0 Å². The Kier molecular flexibility index (Phi) is 5.90. The van der Waals surface area contributed by atoms with E-state index in [1.807, 2.05) is 18.2 Å². The van der Waals surface area contributed by atoms with Gasteiger partial charge in [0.05, 0.1) is 11.6 Å². The molecule has 0 aliphatic rings. The van der Waals surface area contributed by atoms with Gasteiger partial charge in [0.15, 0.2) is 0 Å². The zero-order valence-corrected chi connectivity index (χ0v) is 14.3. The number of anilines is 1. The van der Waals surface area contributed by atoms with Crippen LogP contribution in [0.15, 0.2) is 45.8 Å². The van der Waals surface area contributed by atoms with Crippen LogP contribution >= 0.6 is 50.9 Å². The maximum atomic E-state index is 6.03. The molecule has 2 aromatic rings. The lowest BCUT2D eigenvalue weighted by Gasteiger charge is -2.09. The maximum absolute atomic E-state index is 6.03. The number of halogens is 3. The van der Waals surface area contributed by atoms with E-state index in [0.29, 0.717) is 22.4 Å². The molecule has 0 aliphatic carbocycles. The number of hydrogen-bond donors (Lipinski definition) is 1. The van der Waals surface area contributed by atoms with E-state index in [9.17, 15) is 0 Å². The summed E-state index contributed by atoms with van der Waals surface area (Å²) in [4.78, 5) is 1.03. The average Bonchev–Trinajstić information content (AvgIpc) is 2.40. The fourth-order valence-corrected chi connectivity index (χ4v) is 3.34. The molecule has 2 rings (SSSR count). The minimum atomic E-state index is 0.518. The van der Waals surface area contributed by atoms with Crippen molar-refractivity contribution < 1.29 is 4.74 Å². The minimum Gasteiger partial charge on any atom is -0.491 e. The largest absolute Gasteiger partial charge is 0.491 e. The second kappa shape index (κ2) is 7.46. The van der Waals surface area contributed by atoms with E-state index in [4.69, 9.17) is 33.7 Å². The van der Waals surface area contributed by atoms with Gasteiger partial charge in [-0.25, -0.2) is 0 Å². The van der Waals surface area contributed by atoms with Crippen molar-refractivity contribution in [3.05, 3.63) is 50.9 Å². The molecule has 0 heterocycles. The maximum Gasteiger partial charge on any atom is 0.138 e. The molecule has 2 aromatic carbocycles. The Morgan fingerprint density at radius 2 is 1.95 bits per heavy atom. The van der Waals surface area contributed by atoms with Gasteiger partial charge in [-0.05, 0) is 36.4 Å². The van der Waals surface area contributed by atoms with Crippen LogP contribution in [0.4, 0.5) is 5.69 Å². The first-order chi connectivity index (χ1) is 9.56. The Balaban J connectivity index is 1.86. The Morgan fingerprint density at radius 1 is 1.15 bits per heavy atom. The quantitative estimate of drug-likeness (QED) is 0.414. The van der Waals surface area contributed by atoms with Crippen molar-refractivity contribution in [1.29, 1.82) is 0 Å². The predicted octanol–water partition coefficient (Wildman–Crippen LogP) is 5.51. The van der Waals surface area contributed by atoms with E-state index in [1.54, 1.807) is 30.0 Å². The highest BCUT2D eigenvalue weighted by atomic mass is 79.9. The van der Waals surface area contributed by atoms with E-state index >= 15 is 0 Å². The fourth-order valence-electron chi connectivity index (χ4n) is 1.53. The molecule has 0 unspecified atom stereocenters. The number of thioether (sulfide) groups is 1. The Morgan fingerprint density at radius 3 is 2.70 bits per heavy atom. The van der Waals surface area contributed by atoms with Crippen LogP contribution in [0.3, 0.4) is 0 Å². The Hall–Kier alpha value is -0.550. The number of hydrogen-bond acceptors (Lipinski definition) is 3. The molecular weight excluding hydrogens is 381 g/mol. The molecule has 20 heavy (non-hydrogen) atoms. The van der Waals surface area contributed by atoms with Crippen molar-refractivity contribution in [2.45, 2.75) is 4.90 Å². The van der Waals surface area contributed by atoms with Crippen LogP contribution in [-0.2, 0) is 0 Å². The molecule has 2 N–H and O–H groups in total. The third-order valence-corrected chi connectivity index (χ3v) is 4.53. The van der Waals surface area contributed by atoms with E-state index < -0.39 is 0 Å². The molecule has 0 saturated carbocycles. The van der Waals surface area contributed by atoms with Crippen molar-refractivity contribution in [2.75, 3.05) is 18.1 Å². The van der Waals surface area contributed by atoms with Crippen molar-refractivity contribution in [3.63, 3.8) is 0 Å². The molecule has 106 valence electrons. The molecular formula is C14H12BrCl2NOS. The molecule has 2 nitrogen and oxygen atoms in total. The summed E-state index contributed by atoms with van der Waals surface area (Å²) in [6.07, 6.45) is 0. The van der Waals surface area contributed by atoms with Gasteiger partial charge in [-0.15, -0.1) is 11.8 Å². The van der Waals surface area contributed by atoms with E-state index in [1.165, 1.54) is 0 Å². The van der Waals surface area contributed by atoms with Crippen LogP contribution in [0, 0.1) is 0 Å². The first kappa shape index (κ1) is 15.8. The second-order valence-electron chi connectivity index (χ2n) is 3.95. The van der Waals surface area contributed by atoms with Gasteiger partial charge >= 0.3 is 0 Å². The molecule has 0 bridgehead atoms. The molecule has 0 fully saturated rings. The van der Waals surface area contributed by atoms with Crippen molar-refractivity contribution in [2.24, 2.45) is 0 Å². The molecule has 0 radical (unpaired) electrons. The highest BCUT2D eigenvalue weighted by Gasteiger charge is 2.04. The minimum absolute atomic E-state index is 0.518. The third kappa shape index (κ3) is 4.48. The van der Waals surface area contributed by atoms with Gasteiger partial charge in [0.25, 0.3) is 0 Å². The molecule has 0 aromatic heterocycles. The van der Waals surface area contributed by atoms with Gasteiger partial charge < -0.3 is 10.5 Å². The number of benzene rings is 2. The standard InChI is InChI=1S/C14H12BrCl2NOS/c15-9-1-3-12(18)14(7-9)20-6-5-19-13-4-2-10(16)8-11(13)17/h1-4,7-8H,5-6,18H2. The lowest BCUT2D eigenvalue weighted by atomic mass is 10.3. The molecule has 0 amide bonds. The van der Waals surface area contributed by atoms with Gasteiger partial charge in [0, 0.05) is 25.8 Å². The van der Waals surface area contributed by atoms with Crippen LogP contribution < -0.4 is 10.5 Å². The van der Waals surface area contributed by atoms with E-state index in [-0.39, 0.29) is 0 Å². The monoisotopic (exact) mass is 391 g/mol. The first-order valence-electron chi connectivity index (χ1n) is 5.82. The summed E-state index contributed by atoms with van der Waals surface area (Å²) in [6, 6.07) is 11.0. The Bertz CT molecular complexity index is 610. The first-order valence-corrected chi connectivity index (χ1v) is 8.35. The van der Waals surface area contributed by atoms with Crippen molar-refractivity contribution in [3.8, 4) is 5.75 Å². The van der Waals surface area contributed by atoms with E-state index in [2.05, 4.69) is 15.9 Å². The summed E-state index contributed by atoms with van der Waals surface area (Å²) in [5, 5.41) is 1.11. The second-order valence-corrected chi connectivity index (χ2v) is 6.85. The van der Waals surface area contributed by atoms with Crippen LogP contribution in [-0.4, -0.2) is 12.4 Å². The third-order valence-electron chi connectivity index (χ3n) is 2.47. The van der Waals surface area contributed by atoms with Crippen LogP contribution in [0.25, 0.3) is 0 Å². The summed E-state index contributed by atoms with van der Waals surface area (Å²) in [6.45, 7) is 0.540. The van der Waals surface area contributed by atoms with Gasteiger partial charge in [0.2, 0.25) is 0 Å². The van der Waals surface area contributed by atoms with E-state index in [0.717, 1.165) is 20.8 Å². The van der Waals surface area contributed by atoms with Gasteiger partial charge in [0.1, 0.15) is 5.75 Å². The van der Waals surface area contributed by atoms with Crippen LogP contribution in [0.2, 0.25) is 10.0 Å². The average molecular weight is 393 g/mol. The number of nitrogens with two attached hydrogens (primary N) is 1.